The molecule has 0 saturated carbocycles. The maximum absolute atomic E-state index is 12.9. The molecule has 2 aliphatic heterocycles. The first-order valence-electron chi connectivity index (χ1n) is 9.05. The Morgan fingerprint density at radius 1 is 1.14 bits per heavy atom. The molecule has 144 valence electrons. The Morgan fingerprint density at radius 2 is 1.93 bits per heavy atom. The van der Waals surface area contributed by atoms with Crippen LogP contribution in [0.15, 0.2) is 40.9 Å². The first kappa shape index (κ1) is 18.7. The number of hydrogen-bond acceptors (Lipinski definition) is 4. The van der Waals surface area contributed by atoms with Gasteiger partial charge in [-0.2, -0.15) is 0 Å². The van der Waals surface area contributed by atoms with E-state index < -0.39 is 6.10 Å². The van der Waals surface area contributed by atoms with Gasteiger partial charge in [-0.3, -0.25) is 14.4 Å². The zero-order valence-electron chi connectivity index (χ0n) is 15.6. The van der Waals surface area contributed by atoms with Crippen molar-refractivity contribution in [2.45, 2.75) is 25.9 Å². The van der Waals surface area contributed by atoms with Crippen molar-refractivity contribution >= 4 is 44.9 Å². The maximum atomic E-state index is 12.9. The highest BCUT2D eigenvalue weighted by Crippen LogP contribution is 2.35. The van der Waals surface area contributed by atoms with Crippen molar-refractivity contribution < 1.29 is 19.1 Å². The third-order valence-electron chi connectivity index (χ3n) is 5.17. The number of likely N-dealkylation sites (N-methyl/N-ethyl adjacent to an activating group) is 1. The minimum absolute atomic E-state index is 0.0405. The summed E-state index contributed by atoms with van der Waals surface area (Å²) in [5.74, 6) is 0.148. The average molecular weight is 443 g/mol. The van der Waals surface area contributed by atoms with Crippen molar-refractivity contribution in [3.8, 4) is 5.75 Å². The second-order valence-corrected chi connectivity index (χ2v) is 7.93. The highest BCUT2D eigenvalue weighted by atomic mass is 79.9. The quantitative estimate of drug-likeness (QED) is 0.683. The monoisotopic (exact) mass is 442 g/mol. The molecule has 0 fully saturated rings. The molecule has 2 aliphatic rings. The molecule has 4 rings (SSSR count). The van der Waals surface area contributed by atoms with Gasteiger partial charge in [0.05, 0.1) is 12.2 Å². The van der Waals surface area contributed by atoms with Gasteiger partial charge in [-0.15, -0.1) is 0 Å². The fourth-order valence-electron chi connectivity index (χ4n) is 3.62. The molecule has 2 amide bonds. The Morgan fingerprint density at radius 3 is 2.71 bits per heavy atom. The third-order valence-corrected chi connectivity index (χ3v) is 5.66. The molecule has 6 nitrogen and oxygen atoms in total. The van der Waals surface area contributed by atoms with Crippen LogP contribution in [0.25, 0.3) is 0 Å². The van der Waals surface area contributed by atoms with Gasteiger partial charge >= 0.3 is 0 Å². The number of anilines is 2. The van der Waals surface area contributed by atoms with E-state index >= 15 is 0 Å². The van der Waals surface area contributed by atoms with Crippen LogP contribution in [0.3, 0.4) is 0 Å². The first-order valence-corrected chi connectivity index (χ1v) is 9.84. The minimum Gasteiger partial charge on any atom is -0.479 e. The lowest BCUT2D eigenvalue weighted by atomic mass is 10.00. The summed E-state index contributed by atoms with van der Waals surface area (Å²) in [6, 6.07) is 10.7. The molecule has 7 heteroatoms. The highest BCUT2D eigenvalue weighted by Gasteiger charge is 2.30. The smallest absolute Gasteiger partial charge is 0.267 e. The predicted molar refractivity (Wildman–Crippen MR) is 109 cm³/mol. The number of nitrogens with zero attached hydrogens (tertiary/aromatic N) is 2. The summed E-state index contributed by atoms with van der Waals surface area (Å²) in [5, 5.41) is 0. The van der Waals surface area contributed by atoms with Gasteiger partial charge in [0.15, 0.2) is 11.9 Å². The molecule has 0 N–H and O–H groups in total. The number of rotatable bonds is 3. The number of amides is 2. The van der Waals surface area contributed by atoms with Crippen LogP contribution >= 0.6 is 15.9 Å². The topological polar surface area (TPSA) is 66.9 Å². The van der Waals surface area contributed by atoms with Gasteiger partial charge in [-0.1, -0.05) is 15.9 Å². The van der Waals surface area contributed by atoms with E-state index in [4.69, 9.17) is 4.74 Å². The average Bonchev–Trinajstić information content (AvgIpc) is 2.68. The van der Waals surface area contributed by atoms with E-state index in [1.165, 1.54) is 4.90 Å². The molecule has 0 saturated heterocycles. The summed E-state index contributed by atoms with van der Waals surface area (Å²) in [6.07, 6.45) is 0.490. The van der Waals surface area contributed by atoms with Crippen LogP contribution < -0.4 is 14.5 Å². The second-order valence-electron chi connectivity index (χ2n) is 7.02. The SMILES string of the molecule is CC1Oc2ccc(C(=O)CN3C(=O)CCc4cc(Br)ccc43)cc2N(C)C1=O. The summed E-state index contributed by atoms with van der Waals surface area (Å²) < 4.78 is 6.55. The van der Waals surface area contributed by atoms with E-state index in [1.54, 1.807) is 37.1 Å². The van der Waals surface area contributed by atoms with Gasteiger partial charge in [-0.25, -0.2) is 0 Å². The number of halogens is 1. The van der Waals surface area contributed by atoms with Crippen molar-refractivity contribution in [2.24, 2.45) is 0 Å². The molecular weight excluding hydrogens is 424 g/mol. The second kappa shape index (κ2) is 7.05. The van der Waals surface area contributed by atoms with Gasteiger partial charge in [-0.05, 0) is 55.3 Å². The Balaban J connectivity index is 1.62. The van der Waals surface area contributed by atoms with Crippen molar-refractivity contribution in [1.29, 1.82) is 0 Å². The lowest BCUT2D eigenvalue weighted by molar-refractivity contribution is -0.125. The summed E-state index contributed by atoms with van der Waals surface area (Å²) in [4.78, 5) is 40.6. The molecule has 2 aromatic rings. The van der Waals surface area contributed by atoms with Crippen LogP contribution in [-0.4, -0.2) is 37.3 Å². The van der Waals surface area contributed by atoms with Crippen LogP contribution in [-0.2, 0) is 16.0 Å². The van der Waals surface area contributed by atoms with Crippen molar-refractivity contribution in [2.75, 3.05) is 23.4 Å². The van der Waals surface area contributed by atoms with E-state index in [2.05, 4.69) is 15.9 Å². The van der Waals surface area contributed by atoms with E-state index in [-0.39, 0.29) is 24.1 Å². The van der Waals surface area contributed by atoms with Gasteiger partial charge in [0.1, 0.15) is 5.75 Å². The summed E-state index contributed by atoms with van der Waals surface area (Å²) in [6.45, 7) is 1.65. The van der Waals surface area contributed by atoms with Crippen LogP contribution in [0.2, 0.25) is 0 Å². The number of aryl methyl sites for hydroxylation is 1. The molecule has 1 atom stereocenters. The summed E-state index contributed by atoms with van der Waals surface area (Å²) in [7, 11) is 1.66. The zero-order valence-corrected chi connectivity index (χ0v) is 17.2. The standard InChI is InChI=1S/C21H19BrN2O4/c1-12-21(27)23(2)17-10-14(3-7-19(17)28-12)18(25)11-24-16-6-5-15(22)9-13(16)4-8-20(24)26/h3,5-7,9-10,12H,4,8,11H2,1-2H3. The van der Waals surface area contributed by atoms with Gasteiger partial charge < -0.3 is 14.5 Å². The van der Waals surface area contributed by atoms with Gasteiger partial charge in [0, 0.05) is 29.2 Å². The van der Waals surface area contributed by atoms with Crippen molar-refractivity contribution in [3.05, 3.63) is 52.0 Å². The van der Waals surface area contributed by atoms with Gasteiger partial charge in [0.25, 0.3) is 5.91 Å². The number of carbonyl (C=O) groups excluding carboxylic acids is 3. The number of hydrogen-bond donors (Lipinski definition) is 0. The lowest BCUT2D eigenvalue weighted by Gasteiger charge is -2.31. The normalized spacial score (nSPS) is 18.5. The molecule has 2 heterocycles. The first-order chi connectivity index (χ1) is 13.3. The number of fused-ring (bicyclic) bond motifs is 2. The fraction of sp³-hybridized carbons (Fsp3) is 0.286. The van der Waals surface area contributed by atoms with E-state index in [0.29, 0.717) is 29.8 Å². The maximum Gasteiger partial charge on any atom is 0.267 e. The summed E-state index contributed by atoms with van der Waals surface area (Å²) in [5.41, 5.74) is 2.81. The Hall–Kier alpha value is -2.67. The van der Waals surface area contributed by atoms with Crippen molar-refractivity contribution in [3.63, 3.8) is 0 Å². The molecular formula is C21H19BrN2O4. The number of Topliss-reactive ketones (excluding diaryl/α,β-unsaturated/α-hetero) is 1. The van der Waals surface area contributed by atoms with E-state index in [1.807, 2.05) is 18.2 Å². The third kappa shape index (κ3) is 3.20. The van der Waals surface area contributed by atoms with Crippen molar-refractivity contribution in [1.82, 2.24) is 0 Å². The Kier molecular flexibility index (Phi) is 4.71. The molecule has 0 spiro atoms. The zero-order chi connectivity index (χ0) is 20.0. The summed E-state index contributed by atoms with van der Waals surface area (Å²) >= 11 is 3.45. The van der Waals surface area contributed by atoms with Crippen LogP contribution in [0.5, 0.6) is 5.75 Å². The molecule has 0 bridgehead atoms. The van der Waals surface area contributed by atoms with E-state index in [9.17, 15) is 14.4 Å². The molecule has 0 aromatic heterocycles. The molecule has 0 radical (unpaired) electrons. The number of ketones is 1. The largest absolute Gasteiger partial charge is 0.479 e. The van der Waals surface area contributed by atoms with Gasteiger partial charge in [0.2, 0.25) is 5.91 Å². The number of ether oxygens (including phenoxy) is 1. The Labute approximate surface area is 171 Å². The molecule has 1 unspecified atom stereocenters. The van der Waals surface area contributed by atoms with Crippen LogP contribution in [0.1, 0.15) is 29.3 Å². The number of benzene rings is 2. The molecule has 28 heavy (non-hydrogen) atoms. The van der Waals surface area contributed by atoms with E-state index in [0.717, 1.165) is 15.7 Å². The molecule has 2 aromatic carbocycles. The Bertz CT molecular complexity index is 1000. The lowest BCUT2D eigenvalue weighted by Crippen LogP contribution is -2.42. The highest BCUT2D eigenvalue weighted by molar-refractivity contribution is 9.10. The van der Waals surface area contributed by atoms with Crippen LogP contribution in [0.4, 0.5) is 11.4 Å². The van der Waals surface area contributed by atoms with Crippen LogP contribution in [0, 0.1) is 0 Å². The number of carbonyl (C=O) groups is 3. The predicted octanol–water partition coefficient (Wildman–Crippen LogP) is 3.35. The molecule has 0 aliphatic carbocycles. The minimum atomic E-state index is -0.555. The fourth-order valence-corrected chi connectivity index (χ4v) is 4.03.